The first-order valence-electron chi connectivity index (χ1n) is 4.91. The molecule has 0 fully saturated rings. The van der Waals surface area contributed by atoms with Crippen molar-refractivity contribution in [3.63, 3.8) is 0 Å². The largest absolute Gasteiger partial charge is 0.387 e. The summed E-state index contributed by atoms with van der Waals surface area (Å²) in [5.41, 5.74) is 2.07. The second-order valence-corrected chi connectivity index (χ2v) is 6.21. The molecule has 2 unspecified atom stereocenters. The van der Waals surface area contributed by atoms with Crippen LogP contribution in [0.25, 0.3) is 0 Å². The van der Waals surface area contributed by atoms with E-state index in [4.69, 9.17) is 11.6 Å². The van der Waals surface area contributed by atoms with Crippen molar-refractivity contribution in [3.8, 4) is 0 Å². The van der Waals surface area contributed by atoms with Crippen molar-refractivity contribution in [2.24, 2.45) is 0 Å². The molecule has 4 heteroatoms. The first-order valence-corrected chi connectivity index (χ1v) is 7.13. The van der Waals surface area contributed by atoms with E-state index in [-0.39, 0.29) is 0 Å². The molecule has 0 aromatic heterocycles. The summed E-state index contributed by atoms with van der Waals surface area (Å²) in [6.45, 7) is 2.10. The van der Waals surface area contributed by atoms with Crippen LogP contribution in [0.3, 0.4) is 0 Å². The molecule has 0 saturated heterocycles. The summed E-state index contributed by atoms with van der Waals surface area (Å²) in [5, 5.41) is 11.2. The van der Waals surface area contributed by atoms with Gasteiger partial charge in [0.25, 0.3) is 0 Å². The summed E-state index contributed by atoms with van der Waals surface area (Å²) in [6.07, 6.45) is 0.592. The Morgan fingerprint density at radius 1 is 1.60 bits per heavy atom. The molecule has 1 nitrogen and oxygen atoms in total. The fourth-order valence-electron chi connectivity index (χ4n) is 1.86. The molecule has 1 heterocycles. The van der Waals surface area contributed by atoms with Crippen LogP contribution in [0, 0.1) is 0 Å². The van der Waals surface area contributed by atoms with Gasteiger partial charge in [0.05, 0.1) is 6.10 Å². The van der Waals surface area contributed by atoms with Crippen LogP contribution in [0.4, 0.5) is 0 Å². The molecule has 1 aromatic carbocycles. The number of thioether (sulfide) groups is 1. The third-order valence-corrected chi connectivity index (χ3v) is 4.98. The average Bonchev–Trinajstić information content (AvgIpc) is 2.19. The van der Waals surface area contributed by atoms with Gasteiger partial charge in [0.1, 0.15) is 0 Å². The van der Waals surface area contributed by atoms with E-state index < -0.39 is 6.10 Å². The minimum absolute atomic E-state index is 0.294. The topological polar surface area (TPSA) is 20.2 Å². The van der Waals surface area contributed by atoms with Crippen LogP contribution >= 0.6 is 39.3 Å². The molecule has 0 saturated carbocycles. The maximum absolute atomic E-state index is 10.2. The van der Waals surface area contributed by atoms with Crippen LogP contribution in [0.15, 0.2) is 16.6 Å². The minimum Gasteiger partial charge on any atom is -0.387 e. The van der Waals surface area contributed by atoms with Gasteiger partial charge in [-0.15, -0.1) is 0 Å². The molecule has 0 spiro atoms. The number of hydrogen-bond donors (Lipinski definition) is 1. The Bertz CT molecular complexity index is 383. The Balaban J connectivity index is 2.46. The highest BCUT2D eigenvalue weighted by atomic mass is 79.9. The molecule has 1 N–H and O–H groups in total. The first-order chi connectivity index (χ1) is 7.13. The Hall–Kier alpha value is 0.300. The van der Waals surface area contributed by atoms with Gasteiger partial charge in [0.15, 0.2) is 0 Å². The maximum atomic E-state index is 10.2. The van der Waals surface area contributed by atoms with Crippen molar-refractivity contribution in [1.82, 2.24) is 0 Å². The number of fused-ring (bicyclic) bond motifs is 1. The van der Waals surface area contributed by atoms with E-state index >= 15 is 0 Å². The quantitative estimate of drug-likeness (QED) is 0.840. The SMILES string of the molecule is CCC1SCc2c(Cl)cc(Br)cc2C1O. The van der Waals surface area contributed by atoms with Crippen LogP contribution in [0.5, 0.6) is 0 Å². The molecule has 82 valence electrons. The Kier molecular flexibility index (Phi) is 3.66. The second kappa shape index (κ2) is 4.66. The molecular formula is C11H12BrClOS. The minimum atomic E-state index is -0.390. The predicted molar refractivity (Wildman–Crippen MR) is 69.5 cm³/mol. The monoisotopic (exact) mass is 306 g/mol. The Morgan fingerprint density at radius 3 is 3.00 bits per heavy atom. The van der Waals surface area contributed by atoms with Crippen molar-refractivity contribution in [2.75, 3.05) is 0 Å². The molecule has 2 atom stereocenters. The number of rotatable bonds is 1. The van der Waals surface area contributed by atoms with Gasteiger partial charge in [0, 0.05) is 20.5 Å². The van der Waals surface area contributed by atoms with E-state index in [0.717, 1.165) is 32.8 Å². The molecule has 0 amide bonds. The molecule has 15 heavy (non-hydrogen) atoms. The third-order valence-electron chi connectivity index (χ3n) is 2.71. The lowest BCUT2D eigenvalue weighted by Gasteiger charge is -2.29. The number of benzene rings is 1. The van der Waals surface area contributed by atoms with Crippen LogP contribution in [0.1, 0.15) is 30.6 Å². The van der Waals surface area contributed by atoms with E-state index in [1.54, 1.807) is 11.8 Å². The molecule has 0 radical (unpaired) electrons. The number of aliphatic hydroxyl groups excluding tert-OH is 1. The van der Waals surface area contributed by atoms with Gasteiger partial charge in [-0.05, 0) is 29.7 Å². The lowest BCUT2D eigenvalue weighted by Crippen LogP contribution is -2.20. The van der Waals surface area contributed by atoms with Gasteiger partial charge in [-0.25, -0.2) is 0 Å². The summed E-state index contributed by atoms with van der Waals surface area (Å²) >= 11 is 11.3. The Morgan fingerprint density at radius 2 is 2.33 bits per heavy atom. The molecule has 0 bridgehead atoms. The summed E-state index contributed by atoms with van der Waals surface area (Å²) in [5.74, 6) is 0.900. The summed E-state index contributed by atoms with van der Waals surface area (Å²) < 4.78 is 0.937. The number of hydrogen-bond acceptors (Lipinski definition) is 2. The van der Waals surface area contributed by atoms with Crippen molar-refractivity contribution >= 4 is 39.3 Å². The van der Waals surface area contributed by atoms with Crippen LogP contribution in [0.2, 0.25) is 5.02 Å². The van der Waals surface area contributed by atoms with Crippen molar-refractivity contribution in [3.05, 3.63) is 32.8 Å². The van der Waals surface area contributed by atoms with Crippen molar-refractivity contribution in [2.45, 2.75) is 30.5 Å². The average molecular weight is 308 g/mol. The maximum Gasteiger partial charge on any atom is 0.0912 e. The predicted octanol–water partition coefficient (Wildman–Crippen LogP) is 4.16. The zero-order chi connectivity index (χ0) is 11.0. The van der Waals surface area contributed by atoms with Crippen molar-refractivity contribution in [1.29, 1.82) is 0 Å². The standard InChI is InChI=1S/C11H12BrClOS/c1-2-10-11(14)7-3-6(12)4-9(13)8(7)5-15-10/h3-4,10-11,14H,2,5H2,1H3. The molecule has 2 rings (SSSR count). The van der Waals surface area contributed by atoms with E-state index in [0.29, 0.717) is 5.25 Å². The first kappa shape index (κ1) is 11.8. The molecule has 1 aromatic rings. The normalized spacial score (nSPS) is 25.1. The van der Waals surface area contributed by atoms with Gasteiger partial charge in [-0.3, -0.25) is 0 Å². The van der Waals surface area contributed by atoms with Gasteiger partial charge < -0.3 is 5.11 Å². The number of aliphatic hydroxyl groups is 1. The van der Waals surface area contributed by atoms with E-state index in [2.05, 4.69) is 22.9 Å². The highest BCUT2D eigenvalue weighted by Crippen LogP contribution is 2.42. The zero-order valence-electron chi connectivity index (χ0n) is 8.34. The fraction of sp³-hybridized carbons (Fsp3) is 0.455. The smallest absolute Gasteiger partial charge is 0.0912 e. The van der Waals surface area contributed by atoms with Crippen LogP contribution in [-0.4, -0.2) is 10.4 Å². The third kappa shape index (κ3) is 2.21. The van der Waals surface area contributed by atoms with Gasteiger partial charge >= 0.3 is 0 Å². The Labute approximate surface area is 107 Å². The molecule has 1 aliphatic heterocycles. The lowest BCUT2D eigenvalue weighted by molar-refractivity contribution is 0.170. The second-order valence-electron chi connectivity index (χ2n) is 3.66. The van der Waals surface area contributed by atoms with E-state index in [1.165, 1.54) is 0 Å². The summed E-state index contributed by atoms with van der Waals surface area (Å²) in [4.78, 5) is 0. The summed E-state index contributed by atoms with van der Waals surface area (Å²) in [7, 11) is 0. The van der Waals surface area contributed by atoms with Gasteiger partial charge in [-0.1, -0.05) is 34.5 Å². The van der Waals surface area contributed by atoms with E-state index in [1.807, 2.05) is 12.1 Å². The van der Waals surface area contributed by atoms with Crippen LogP contribution in [-0.2, 0) is 5.75 Å². The summed E-state index contributed by atoms with van der Waals surface area (Å²) in [6, 6.07) is 3.87. The van der Waals surface area contributed by atoms with Gasteiger partial charge in [0.2, 0.25) is 0 Å². The highest BCUT2D eigenvalue weighted by molar-refractivity contribution is 9.10. The fourth-order valence-corrected chi connectivity index (χ4v) is 4.11. The highest BCUT2D eigenvalue weighted by Gasteiger charge is 2.28. The number of halogens is 2. The zero-order valence-corrected chi connectivity index (χ0v) is 11.5. The lowest BCUT2D eigenvalue weighted by atomic mass is 9.99. The van der Waals surface area contributed by atoms with Gasteiger partial charge in [-0.2, -0.15) is 11.8 Å². The molecule has 1 aliphatic rings. The van der Waals surface area contributed by atoms with Crippen molar-refractivity contribution < 1.29 is 5.11 Å². The van der Waals surface area contributed by atoms with E-state index in [9.17, 15) is 5.11 Å². The molecular weight excluding hydrogens is 296 g/mol. The van der Waals surface area contributed by atoms with Crippen LogP contribution < -0.4 is 0 Å². The molecule has 0 aliphatic carbocycles.